The van der Waals surface area contributed by atoms with Crippen LogP contribution in [0.2, 0.25) is 0 Å². The van der Waals surface area contributed by atoms with E-state index in [0.29, 0.717) is 27.9 Å². The molecule has 7 nitrogen and oxygen atoms in total. The number of thioether (sulfide) groups is 1. The van der Waals surface area contributed by atoms with Crippen LogP contribution in [0.25, 0.3) is 6.08 Å². The van der Waals surface area contributed by atoms with Crippen molar-refractivity contribution in [2.45, 2.75) is 66.0 Å². The van der Waals surface area contributed by atoms with Gasteiger partial charge in [-0.15, -0.1) is 0 Å². The molecule has 0 aliphatic carbocycles. The quantitative estimate of drug-likeness (QED) is 0.197. The van der Waals surface area contributed by atoms with Crippen molar-refractivity contribution in [1.82, 2.24) is 14.4 Å². The molecule has 0 saturated carbocycles. The van der Waals surface area contributed by atoms with Gasteiger partial charge >= 0.3 is 0 Å². The number of nitrogens with zero attached hydrogens (tertiary/aromatic N) is 5. The highest BCUT2D eigenvalue weighted by Gasteiger charge is 2.33. The van der Waals surface area contributed by atoms with Gasteiger partial charge in [0.2, 0.25) is 0 Å². The molecule has 2 aliphatic heterocycles. The predicted octanol–water partition coefficient (Wildman–Crippen LogP) is 5.54. The standard InChI is InChI=1S/C31H39N5O2S2/c1-4-6-11-15-36-30(38)27(40-31(36)39)20-25-23(3)26(21-32)29(37)35(14-7-5-2)28(25)34-18-16-33(17-19-34)22-24-12-9-8-10-13-24/h8-10,12-13,20H,4-7,11,14-19,22H2,1-3H3/b27-20-. The van der Waals surface area contributed by atoms with E-state index in [1.54, 1.807) is 9.47 Å². The number of pyridine rings is 1. The van der Waals surface area contributed by atoms with E-state index in [1.165, 1.54) is 17.3 Å². The fourth-order valence-electron chi connectivity index (χ4n) is 5.31. The Kier molecular flexibility index (Phi) is 10.6. The molecule has 4 rings (SSSR count). The minimum Gasteiger partial charge on any atom is -0.355 e. The van der Waals surface area contributed by atoms with Crippen molar-refractivity contribution in [3.05, 3.63) is 67.8 Å². The van der Waals surface area contributed by atoms with Crippen LogP contribution in [0.3, 0.4) is 0 Å². The molecule has 1 aromatic heterocycles. The Hall–Kier alpha value is -2.93. The van der Waals surface area contributed by atoms with Crippen LogP contribution in [0.15, 0.2) is 40.0 Å². The summed E-state index contributed by atoms with van der Waals surface area (Å²) in [6.45, 7) is 11.3. The summed E-state index contributed by atoms with van der Waals surface area (Å²) in [7, 11) is 0. The Balaban J connectivity index is 1.71. The molecule has 1 amide bonds. The van der Waals surface area contributed by atoms with Crippen molar-refractivity contribution in [2.24, 2.45) is 0 Å². The number of hydrogen-bond donors (Lipinski definition) is 0. The highest BCUT2D eigenvalue weighted by atomic mass is 32.2. The van der Waals surface area contributed by atoms with Gasteiger partial charge in [0, 0.05) is 51.4 Å². The first kappa shape index (κ1) is 30.0. The molecule has 212 valence electrons. The molecule has 0 bridgehead atoms. The number of hydrogen-bond acceptors (Lipinski definition) is 7. The molecule has 0 radical (unpaired) electrons. The van der Waals surface area contributed by atoms with Gasteiger partial charge in [-0.3, -0.25) is 24.0 Å². The maximum atomic E-state index is 13.6. The zero-order chi connectivity index (χ0) is 28.6. The average Bonchev–Trinajstić information content (AvgIpc) is 3.22. The van der Waals surface area contributed by atoms with Gasteiger partial charge in [-0.2, -0.15) is 5.26 Å². The number of rotatable bonds is 11. The normalized spacial score (nSPS) is 17.2. The second-order valence-electron chi connectivity index (χ2n) is 10.4. The number of carbonyl (C=O) groups is 1. The summed E-state index contributed by atoms with van der Waals surface area (Å²) in [5.41, 5.74) is 2.58. The van der Waals surface area contributed by atoms with E-state index in [2.05, 4.69) is 54.0 Å². The number of piperazine rings is 1. The Bertz CT molecular complexity index is 1350. The van der Waals surface area contributed by atoms with E-state index >= 15 is 0 Å². The molecule has 0 atom stereocenters. The van der Waals surface area contributed by atoms with E-state index in [-0.39, 0.29) is 17.0 Å². The molecule has 3 heterocycles. The van der Waals surface area contributed by atoms with E-state index < -0.39 is 0 Å². The summed E-state index contributed by atoms with van der Waals surface area (Å²) in [5.74, 6) is 0.722. The van der Waals surface area contributed by atoms with E-state index in [1.807, 2.05) is 19.1 Å². The molecule has 2 aromatic rings. The maximum Gasteiger partial charge on any atom is 0.270 e. The van der Waals surface area contributed by atoms with Crippen LogP contribution in [0.1, 0.15) is 68.2 Å². The third-order valence-electron chi connectivity index (χ3n) is 7.64. The molecule has 2 aliphatic rings. The number of carbonyl (C=O) groups excluding carboxylic acids is 1. The van der Waals surface area contributed by atoms with Crippen LogP contribution in [0.4, 0.5) is 5.82 Å². The average molecular weight is 578 g/mol. The lowest BCUT2D eigenvalue weighted by Gasteiger charge is -2.38. The second kappa shape index (κ2) is 14.1. The highest BCUT2D eigenvalue weighted by molar-refractivity contribution is 8.26. The minimum atomic E-state index is -0.251. The molecule has 0 spiro atoms. The van der Waals surface area contributed by atoms with Crippen molar-refractivity contribution in [1.29, 1.82) is 5.26 Å². The van der Waals surface area contributed by atoms with Gasteiger partial charge in [0.25, 0.3) is 11.5 Å². The van der Waals surface area contributed by atoms with Crippen molar-refractivity contribution >= 4 is 46.1 Å². The fourth-order valence-corrected chi connectivity index (χ4v) is 6.60. The van der Waals surface area contributed by atoms with Crippen molar-refractivity contribution in [3.63, 3.8) is 0 Å². The van der Waals surface area contributed by atoms with Gasteiger partial charge in [0.15, 0.2) is 0 Å². The van der Waals surface area contributed by atoms with Gasteiger partial charge in [0.1, 0.15) is 21.8 Å². The largest absolute Gasteiger partial charge is 0.355 e. The predicted molar refractivity (Wildman–Crippen MR) is 168 cm³/mol. The van der Waals surface area contributed by atoms with Crippen LogP contribution in [0, 0.1) is 18.3 Å². The number of aromatic nitrogens is 1. The summed E-state index contributed by atoms with van der Waals surface area (Å²) in [6.07, 6.45) is 6.66. The summed E-state index contributed by atoms with van der Waals surface area (Å²) in [5, 5.41) is 9.96. The molecule has 1 aromatic carbocycles. The lowest BCUT2D eigenvalue weighted by molar-refractivity contribution is -0.122. The van der Waals surface area contributed by atoms with Gasteiger partial charge in [-0.1, -0.05) is 87.4 Å². The van der Waals surface area contributed by atoms with E-state index in [4.69, 9.17) is 12.2 Å². The molecule has 2 fully saturated rings. The molecule has 40 heavy (non-hydrogen) atoms. The molecular formula is C31H39N5O2S2. The second-order valence-corrected chi connectivity index (χ2v) is 12.1. The number of thiocarbonyl (C=S) groups is 1. The molecule has 0 unspecified atom stereocenters. The van der Waals surface area contributed by atoms with E-state index in [0.717, 1.165) is 76.2 Å². The van der Waals surface area contributed by atoms with Crippen molar-refractivity contribution in [3.8, 4) is 6.07 Å². The van der Waals surface area contributed by atoms with Crippen molar-refractivity contribution < 1.29 is 4.79 Å². The number of anilines is 1. The van der Waals surface area contributed by atoms with E-state index in [9.17, 15) is 14.9 Å². The third kappa shape index (κ3) is 6.68. The summed E-state index contributed by atoms with van der Waals surface area (Å²) < 4.78 is 2.34. The summed E-state index contributed by atoms with van der Waals surface area (Å²) in [6, 6.07) is 12.6. The smallest absolute Gasteiger partial charge is 0.270 e. The Morgan fingerprint density at radius 3 is 2.35 bits per heavy atom. The first-order valence-corrected chi connectivity index (χ1v) is 15.6. The topological polar surface area (TPSA) is 72.6 Å². The number of benzene rings is 1. The van der Waals surface area contributed by atoms with Gasteiger partial charge in [-0.25, -0.2) is 0 Å². The lowest BCUT2D eigenvalue weighted by Crippen LogP contribution is -2.48. The van der Waals surface area contributed by atoms with Crippen LogP contribution >= 0.6 is 24.0 Å². The maximum absolute atomic E-state index is 13.6. The monoisotopic (exact) mass is 577 g/mol. The Morgan fingerprint density at radius 2 is 1.70 bits per heavy atom. The third-order valence-corrected chi connectivity index (χ3v) is 9.01. The molecule has 0 N–H and O–H groups in total. The number of amides is 1. The zero-order valence-electron chi connectivity index (χ0n) is 23.8. The Labute approximate surface area is 247 Å². The van der Waals surface area contributed by atoms with Crippen LogP contribution in [-0.2, 0) is 17.9 Å². The zero-order valence-corrected chi connectivity index (χ0v) is 25.5. The van der Waals surface area contributed by atoms with Crippen molar-refractivity contribution in [2.75, 3.05) is 37.6 Å². The first-order chi connectivity index (χ1) is 19.4. The fraction of sp³-hybridized carbons (Fsp3) is 0.484. The van der Waals surface area contributed by atoms with Gasteiger partial charge < -0.3 is 4.90 Å². The first-order valence-electron chi connectivity index (χ1n) is 14.3. The summed E-state index contributed by atoms with van der Waals surface area (Å²) in [4.78, 5) is 33.9. The highest BCUT2D eigenvalue weighted by Crippen LogP contribution is 2.36. The Morgan fingerprint density at radius 1 is 1.00 bits per heavy atom. The number of unbranched alkanes of at least 4 members (excludes halogenated alkanes) is 3. The SMILES string of the molecule is CCCCCN1C(=O)/C(=C/c2c(C)c(C#N)c(=O)n(CCCC)c2N2CCN(Cc3ccccc3)CC2)SC1=S. The molecule has 9 heteroatoms. The summed E-state index contributed by atoms with van der Waals surface area (Å²) >= 11 is 6.89. The molecular weight excluding hydrogens is 539 g/mol. The van der Waals surface area contributed by atoms with Crippen LogP contribution in [0.5, 0.6) is 0 Å². The lowest BCUT2D eigenvalue weighted by atomic mass is 10.0. The molecule has 2 saturated heterocycles. The van der Waals surface area contributed by atoms with Crippen LogP contribution in [-0.4, -0.2) is 57.3 Å². The minimum absolute atomic E-state index is 0.0889. The van der Waals surface area contributed by atoms with Gasteiger partial charge in [0.05, 0.1) is 4.91 Å². The van der Waals surface area contributed by atoms with Crippen LogP contribution < -0.4 is 10.5 Å². The number of nitriles is 1. The van der Waals surface area contributed by atoms with Gasteiger partial charge in [-0.05, 0) is 37.0 Å².